The highest BCUT2D eigenvalue weighted by Crippen LogP contribution is 2.11. The van der Waals surface area contributed by atoms with Crippen molar-refractivity contribution in [3.05, 3.63) is 18.2 Å². The second-order valence-corrected chi connectivity index (χ2v) is 3.84. The standard InChI is InChI=1S/C13H22N2O/c1-3-5-6-11-16-13-9-7-8-12(15-13)14-10-4-2/h7-9H,3-6,10-11H2,1-2H3,(H,14,15). The predicted molar refractivity (Wildman–Crippen MR) is 68.0 cm³/mol. The summed E-state index contributed by atoms with van der Waals surface area (Å²) in [4.78, 5) is 4.37. The Bertz CT molecular complexity index is 289. The van der Waals surface area contributed by atoms with Crippen LogP contribution >= 0.6 is 0 Å². The first-order chi connectivity index (χ1) is 7.86. The van der Waals surface area contributed by atoms with Gasteiger partial charge in [0.05, 0.1) is 6.61 Å². The summed E-state index contributed by atoms with van der Waals surface area (Å²) in [6.45, 7) is 6.04. The summed E-state index contributed by atoms with van der Waals surface area (Å²) in [6.07, 6.45) is 4.64. The van der Waals surface area contributed by atoms with E-state index in [9.17, 15) is 0 Å². The summed E-state index contributed by atoms with van der Waals surface area (Å²) >= 11 is 0. The maximum atomic E-state index is 5.58. The van der Waals surface area contributed by atoms with Crippen LogP contribution in [0.2, 0.25) is 0 Å². The van der Waals surface area contributed by atoms with Crippen molar-refractivity contribution in [2.45, 2.75) is 39.5 Å². The molecule has 0 fully saturated rings. The second-order valence-electron chi connectivity index (χ2n) is 3.84. The molecule has 0 radical (unpaired) electrons. The number of ether oxygens (including phenoxy) is 1. The Morgan fingerprint density at radius 3 is 2.81 bits per heavy atom. The van der Waals surface area contributed by atoms with Crippen molar-refractivity contribution >= 4 is 5.82 Å². The molecule has 0 spiro atoms. The Balaban J connectivity index is 2.35. The van der Waals surface area contributed by atoms with Crippen LogP contribution in [0.1, 0.15) is 39.5 Å². The molecule has 0 atom stereocenters. The van der Waals surface area contributed by atoms with Gasteiger partial charge in [-0.25, -0.2) is 0 Å². The topological polar surface area (TPSA) is 34.1 Å². The van der Waals surface area contributed by atoms with Crippen LogP contribution in [0.4, 0.5) is 5.82 Å². The van der Waals surface area contributed by atoms with Gasteiger partial charge in [-0.1, -0.05) is 32.8 Å². The van der Waals surface area contributed by atoms with Crippen LogP contribution in [0.25, 0.3) is 0 Å². The van der Waals surface area contributed by atoms with Crippen molar-refractivity contribution in [2.24, 2.45) is 0 Å². The lowest BCUT2D eigenvalue weighted by Gasteiger charge is -2.07. The van der Waals surface area contributed by atoms with Crippen molar-refractivity contribution in [3.63, 3.8) is 0 Å². The molecule has 1 N–H and O–H groups in total. The van der Waals surface area contributed by atoms with Gasteiger partial charge in [-0.15, -0.1) is 0 Å². The lowest BCUT2D eigenvalue weighted by atomic mass is 10.3. The van der Waals surface area contributed by atoms with E-state index in [1.54, 1.807) is 0 Å². The molecule has 16 heavy (non-hydrogen) atoms. The molecule has 90 valence electrons. The van der Waals surface area contributed by atoms with Crippen LogP contribution in [0.5, 0.6) is 5.88 Å². The minimum absolute atomic E-state index is 0.720. The Kier molecular flexibility index (Phi) is 6.38. The van der Waals surface area contributed by atoms with E-state index in [1.807, 2.05) is 18.2 Å². The van der Waals surface area contributed by atoms with Crippen LogP contribution in [0, 0.1) is 0 Å². The highest BCUT2D eigenvalue weighted by atomic mass is 16.5. The van der Waals surface area contributed by atoms with Crippen LogP contribution in [-0.4, -0.2) is 18.1 Å². The monoisotopic (exact) mass is 222 g/mol. The zero-order chi connectivity index (χ0) is 11.6. The van der Waals surface area contributed by atoms with E-state index in [1.165, 1.54) is 12.8 Å². The van der Waals surface area contributed by atoms with E-state index in [0.29, 0.717) is 0 Å². The number of hydrogen-bond acceptors (Lipinski definition) is 3. The lowest BCUT2D eigenvalue weighted by molar-refractivity contribution is 0.295. The maximum absolute atomic E-state index is 5.58. The van der Waals surface area contributed by atoms with E-state index >= 15 is 0 Å². The van der Waals surface area contributed by atoms with Crippen molar-refractivity contribution in [3.8, 4) is 5.88 Å². The van der Waals surface area contributed by atoms with Crippen LogP contribution < -0.4 is 10.1 Å². The first kappa shape index (κ1) is 12.8. The molecule has 0 amide bonds. The van der Waals surface area contributed by atoms with Gasteiger partial charge in [0.2, 0.25) is 5.88 Å². The molecule has 0 bridgehead atoms. The average molecular weight is 222 g/mol. The Morgan fingerprint density at radius 2 is 2.06 bits per heavy atom. The number of aromatic nitrogens is 1. The number of anilines is 1. The number of nitrogens with one attached hydrogen (secondary N) is 1. The molecule has 0 aliphatic carbocycles. The summed E-state index contributed by atoms with van der Waals surface area (Å²) in [5.74, 6) is 1.62. The molecule has 1 heterocycles. The third-order valence-corrected chi connectivity index (χ3v) is 2.28. The Hall–Kier alpha value is -1.25. The second kappa shape index (κ2) is 7.97. The van der Waals surface area contributed by atoms with Gasteiger partial charge >= 0.3 is 0 Å². The molecule has 1 rings (SSSR count). The highest BCUT2D eigenvalue weighted by molar-refractivity contribution is 5.36. The normalized spacial score (nSPS) is 10.1. The van der Waals surface area contributed by atoms with E-state index in [0.717, 1.165) is 37.7 Å². The van der Waals surface area contributed by atoms with Gasteiger partial charge in [0.1, 0.15) is 5.82 Å². The maximum Gasteiger partial charge on any atom is 0.215 e. The molecular weight excluding hydrogens is 200 g/mol. The fourth-order valence-corrected chi connectivity index (χ4v) is 1.38. The number of nitrogens with zero attached hydrogens (tertiary/aromatic N) is 1. The smallest absolute Gasteiger partial charge is 0.215 e. The third kappa shape index (κ3) is 5.01. The Morgan fingerprint density at radius 1 is 1.19 bits per heavy atom. The number of unbranched alkanes of at least 4 members (excludes halogenated alkanes) is 2. The first-order valence-corrected chi connectivity index (χ1v) is 6.20. The molecular formula is C13H22N2O. The van der Waals surface area contributed by atoms with Crippen LogP contribution in [0.3, 0.4) is 0 Å². The van der Waals surface area contributed by atoms with Gasteiger partial charge in [-0.05, 0) is 18.9 Å². The summed E-state index contributed by atoms with van der Waals surface area (Å²) in [5.41, 5.74) is 0. The van der Waals surface area contributed by atoms with E-state index in [4.69, 9.17) is 4.74 Å². The summed E-state index contributed by atoms with van der Waals surface area (Å²) in [5, 5.41) is 3.25. The quantitative estimate of drug-likeness (QED) is 0.684. The van der Waals surface area contributed by atoms with Crippen molar-refractivity contribution in [1.29, 1.82) is 0 Å². The molecule has 0 aliphatic heterocycles. The Labute approximate surface area is 98.2 Å². The molecule has 3 heteroatoms. The van der Waals surface area contributed by atoms with E-state index in [2.05, 4.69) is 24.1 Å². The molecule has 0 aromatic carbocycles. The van der Waals surface area contributed by atoms with Gasteiger partial charge in [0.15, 0.2) is 0 Å². The summed E-state index contributed by atoms with van der Waals surface area (Å²) in [7, 11) is 0. The van der Waals surface area contributed by atoms with E-state index in [-0.39, 0.29) is 0 Å². The molecule has 1 aromatic rings. The summed E-state index contributed by atoms with van der Waals surface area (Å²) in [6, 6.07) is 5.85. The first-order valence-electron chi connectivity index (χ1n) is 6.20. The highest BCUT2D eigenvalue weighted by Gasteiger charge is 1.97. The van der Waals surface area contributed by atoms with Crippen LogP contribution in [-0.2, 0) is 0 Å². The van der Waals surface area contributed by atoms with Crippen LogP contribution in [0.15, 0.2) is 18.2 Å². The SMILES string of the molecule is CCCCCOc1cccc(NCCC)n1. The molecule has 0 unspecified atom stereocenters. The fraction of sp³-hybridized carbons (Fsp3) is 0.615. The number of pyridine rings is 1. The fourth-order valence-electron chi connectivity index (χ4n) is 1.38. The van der Waals surface area contributed by atoms with Gasteiger partial charge in [0.25, 0.3) is 0 Å². The molecule has 0 aliphatic rings. The van der Waals surface area contributed by atoms with Gasteiger partial charge in [-0.2, -0.15) is 4.98 Å². The van der Waals surface area contributed by atoms with Crippen molar-refractivity contribution in [1.82, 2.24) is 4.98 Å². The zero-order valence-corrected chi connectivity index (χ0v) is 10.3. The minimum atomic E-state index is 0.720. The zero-order valence-electron chi connectivity index (χ0n) is 10.3. The van der Waals surface area contributed by atoms with Gasteiger partial charge in [0, 0.05) is 12.6 Å². The largest absolute Gasteiger partial charge is 0.478 e. The lowest BCUT2D eigenvalue weighted by Crippen LogP contribution is -2.04. The molecule has 0 saturated carbocycles. The van der Waals surface area contributed by atoms with Crippen molar-refractivity contribution in [2.75, 3.05) is 18.5 Å². The van der Waals surface area contributed by atoms with E-state index < -0.39 is 0 Å². The number of rotatable bonds is 8. The molecule has 3 nitrogen and oxygen atoms in total. The molecule has 1 aromatic heterocycles. The average Bonchev–Trinajstić information content (AvgIpc) is 2.33. The van der Waals surface area contributed by atoms with Gasteiger partial charge in [-0.3, -0.25) is 0 Å². The van der Waals surface area contributed by atoms with Gasteiger partial charge < -0.3 is 10.1 Å². The summed E-state index contributed by atoms with van der Waals surface area (Å²) < 4.78 is 5.58. The van der Waals surface area contributed by atoms with Crippen molar-refractivity contribution < 1.29 is 4.74 Å². The number of hydrogen-bond donors (Lipinski definition) is 1. The third-order valence-electron chi connectivity index (χ3n) is 2.28. The minimum Gasteiger partial charge on any atom is -0.478 e. The predicted octanol–water partition coefficient (Wildman–Crippen LogP) is 3.47. The molecule has 0 saturated heterocycles.